The highest BCUT2D eigenvalue weighted by molar-refractivity contribution is 7.15. The molecule has 1 N–H and O–H groups in total. The number of ether oxygens (including phenoxy) is 1. The van der Waals surface area contributed by atoms with Gasteiger partial charge in [-0.1, -0.05) is 0 Å². The van der Waals surface area contributed by atoms with Crippen molar-refractivity contribution < 1.29 is 14.6 Å². The summed E-state index contributed by atoms with van der Waals surface area (Å²) < 4.78 is 5.07. The summed E-state index contributed by atoms with van der Waals surface area (Å²) >= 11 is 1.40. The normalized spacial score (nSPS) is 10.2. The smallest absolute Gasteiger partial charge is 0.308 e. The van der Waals surface area contributed by atoms with Gasteiger partial charge in [-0.25, -0.2) is 4.98 Å². The van der Waals surface area contributed by atoms with Crippen molar-refractivity contribution >= 4 is 17.3 Å². The Hall–Kier alpha value is -1.88. The lowest BCUT2D eigenvalue weighted by Crippen LogP contribution is -1.97. The Balaban J connectivity index is 2.21. The average molecular weight is 249 g/mol. The van der Waals surface area contributed by atoms with Crippen LogP contribution in [0.4, 0.5) is 0 Å². The minimum atomic E-state index is -0.838. The van der Waals surface area contributed by atoms with E-state index in [0.717, 1.165) is 21.2 Å². The minimum absolute atomic E-state index is 0.0216. The molecule has 1 aromatic heterocycles. The molecule has 2 aromatic rings. The third-order valence-electron chi connectivity index (χ3n) is 2.22. The highest BCUT2D eigenvalue weighted by Crippen LogP contribution is 2.26. The van der Waals surface area contributed by atoms with Crippen LogP contribution in [0, 0.1) is 0 Å². The molecule has 0 atom stereocenters. The molecule has 0 aliphatic carbocycles. The average Bonchev–Trinajstić information content (AvgIpc) is 2.77. The first-order valence-corrected chi connectivity index (χ1v) is 5.81. The lowest BCUT2D eigenvalue weighted by Gasteiger charge is -1.99. The van der Waals surface area contributed by atoms with E-state index in [0.29, 0.717) is 0 Å². The molecule has 0 saturated heterocycles. The molecule has 4 nitrogen and oxygen atoms in total. The Labute approximate surface area is 103 Å². The molecule has 0 aliphatic heterocycles. The van der Waals surface area contributed by atoms with Gasteiger partial charge in [-0.15, -0.1) is 11.3 Å². The van der Waals surface area contributed by atoms with Crippen LogP contribution >= 0.6 is 11.3 Å². The van der Waals surface area contributed by atoms with E-state index in [2.05, 4.69) is 4.98 Å². The van der Waals surface area contributed by atoms with Crippen LogP contribution in [0.15, 0.2) is 30.5 Å². The number of rotatable bonds is 4. The number of carboxylic acid groups (broad SMARTS) is 1. The first-order chi connectivity index (χ1) is 8.19. The van der Waals surface area contributed by atoms with Gasteiger partial charge in [-0.3, -0.25) is 4.79 Å². The van der Waals surface area contributed by atoms with E-state index >= 15 is 0 Å². The maximum Gasteiger partial charge on any atom is 0.308 e. The number of aromatic nitrogens is 1. The van der Waals surface area contributed by atoms with Crippen LogP contribution in [0.5, 0.6) is 5.75 Å². The quantitative estimate of drug-likeness (QED) is 0.904. The molecule has 1 aromatic carbocycles. The molecule has 88 valence electrons. The van der Waals surface area contributed by atoms with Crippen LogP contribution in [0.25, 0.3) is 10.6 Å². The molecule has 0 unspecified atom stereocenters. The largest absolute Gasteiger partial charge is 0.497 e. The summed E-state index contributed by atoms with van der Waals surface area (Å²) in [5.41, 5.74) is 0.965. The monoisotopic (exact) mass is 249 g/mol. The molecule has 0 aliphatic rings. The summed E-state index contributed by atoms with van der Waals surface area (Å²) in [5.74, 6) is -0.0500. The van der Waals surface area contributed by atoms with E-state index in [-0.39, 0.29) is 6.42 Å². The molecule has 0 bridgehead atoms. The molecule has 0 spiro atoms. The third-order valence-corrected chi connectivity index (χ3v) is 3.26. The minimum Gasteiger partial charge on any atom is -0.497 e. The zero-order valence-corrected chi connectivity index (χ0v) is 10.0. The van der Waals surface area contributed by atoms with Gasteiger partial charge in [0.25, 0.3) is 0 Å². The fourth-order valence-corrected chi connectivity index (χ4v) is 2.31. The molecule has 0 radical (unpaired) electrons. The molecule has 0 saturated carbocycles. The number of thiazole rings is 1. The van der Waals surface area contributed by atoms with Gasteiger partial charge in [-0.05, 0) is 24.3 Å². The number of hydrogen-bond donors (Lipinski definition) is 1. The number of carbonyl (C=O) groups is 1. The van der Waals surface area contributed by atoms with Crippen LogP contribution in [-0.4, -0.2) is 23.2 Å². The fourth-order valence-electron chi connectivity index (χ4n) is 1.41. The SMILES string of the molecule is COc1ccc(-c2ncc(CC(=O)O)s2)cc1. The van der Waals surface area contributed by atoms with E-state index in [1.165, 1.54) is 11.3 Å². The van der Waals surface area contributed by atoms with Gasteiger partial charge in [0.15, 0.2) is 0 Å². The maximum absolute atomic E-state index is 10.6. The Morgan fingerprint density at radius 3 is 2.71 bits per heavy atom. The highest BCUT2D eigenvalue weighted by Gasteiger charge is 2.07. The number of hydrogen-bond acceptors (Lipinski definition) is 4. The van der Waals surface area contributed by atoms with E-state index in [9.17, 15) is 4.79 Å². The lowest BCUT2D eigenvalue weighted by molar-refractivity contribution is -0.136. The van der Waals surface area contributed by atoms with E-state index < -0.39 is 5.97 Å². The summed E-state index contributed by atoms with van der Waals surface area (Å²) in [6.07, 6.45) is 1.63. The van der Waals surface area contributed by atoms with Gasteiger partial charge in [-0.2, -0.15) is 0 Å². The number of nitrogens with zero attached hydrogens (tertiary/aromatic N) is 1. The standard InChI is InChI=1S/C12H11NO3S/c1-16-9-4-2-8(3-5-9)12-13-7-10(17-12)6-11(14)15/h2-5,7H,6H2,1H3,(H,14,15). The molecular formula is C12H11NO3S. The van der Waals surface area contributed by atoms with E-state index in [1.54, 1.807) is 13.3 Å². The van der Waals surface area contributed by atoms with Crippen LogP contribution in [0.2, 0.25) is 0 Å². The van der Waals surface area contributed by atoms with Crippen molar-refractivity contribution in [1.82, 2.24) is 4.98 Å². The predicted octanol–water partition coefficient (Wildman–Crippen LogP) is 2.45. The third kappa shape index (κ3) is 2.82. The van der Waals surface area contributed by atoms with Gasteiger partial charge in [0, 0.05) is 16.6 Å². The predicted molar refractivity (Wildman–Crippen MR) is 65.4 cm³/mol. The van der Waals surface area contributed by atoms with Crippen LogP contribution < -0.4 is 4.74 Å². The lowest BCUT2D eigenvalue weighted by atomic mass is 10.2. The van der Waals surface area contributed by atoms with Crippen molar-refractivity contribution in [2.24, 2.45) is 0 Å². The summed E-state index contributed by atoms with van der Waals surface area (Å²) in [5, 5.41) is 9.50. The van der Waals surface area contributed by atoms with Crippen LogP contribution in [-0.2, 0) is 11.2 Å². The second-order valence-electron chi connectivity index (χ2n) is 3.43. The topological polar surface area (TPSA) is 59.4 Å². The first-order valence-electron chi connectivity index (χ1n) is 5.00. The van der Waals surface area contributed by atoms with Gasteiger partial charge >= 0.3 is 5.97 Å². The van der Waals surface area contributed by atoms with Crippen LogP contribution in [0.3, 0.4) is 0 Å². The molecule has 2 rings (SSSR count). The maximum atomic E-state index is 10.6. The molecule has 0 amide bonds. The van der Waals surface area contributed by atoms with Crippen LogP contribution in [0.1, 0.15) is 4.88 Å². The van der Waals surface area contributed by atoms with E-state index in [1.807, 2.05) is 24.3 Å². The van der Waals surface area contributed by atoms with Gasteiger partial charge < -0.3 is 9.84 Å². The van der Waals surface area contributed by atoms with Gasteiger partial charge in [0.2, 0.25) is 0 Å². The Morgan fingerprint density at radius 1 is 1.41 bits per heavy atom. The second kappa shape index (κ2) is 4.97. The number of methoxy groups -OCH3 is 1. The zero-order valence-electron chi connectivity index (χ0n) is 9.21. The summed E-state index contributed by atoms with van der Waals surface area (Å²) in [6, 6.07) is 7.52. The Kier molecular flexibility index (Phi) is 3.39. The van der Waals surface area contributed by atoms with Crippen molar-refractivity contribution in [1.29, 1.82) is 0 Å². The number of aliphatic carboxylic acids is 1. The van der Waals surface area contributed by atoms with Crippen molar-refractivity contribution in [3.05, 3.63) is 35.3 Å². The fraction of sp³-hybridized carbons (Fsp3) is 0.167. The summed E-state index contributed by atoms with van der Waals surface area (Å²) in [6.45, 7) is 0. The zero-order chi connectivity index (χ0) is 12.3. The summed E-state index contributed by atoms with van der Waals surface area (Å²) in [7, 11) is 1.61. The van der Waals surface area contributed by atoms with Crippen molar-refractivity contribution in [3.8, 4) is 16.3 Å². The summed E-state index contributed by atoms with van der Waals surface area (Å²) in [4.78, 5) is 15.5. The van der Waals surface area contributed by atoms with Gasteiger partial charge in [0.05, 0.1) is 13.5 Å². The molecule has 1 heterocycles. The first kappa shape index (κ1) is 11.6. The second-order valence-corrected chi connectivity index (χ2v) is 4.55. The number of carboxylic acids is 1. The molecular weight excluding hydrogens is 238 g/mol. The molecule has 5 heteroatoms. The highest BCUT2D eigenvalue weighted by atomic mass is 32.1. The molecule has 17 heavy (non-hydrogen) atoms. The Morgan fingerprint density at radius 2 is 2.12 bits per heavy atom. The van der Waals surface area contributed by atoms with Crippen molar-refractivity contribution in [3.63, 3.8) is 0 Å². The Bertz CT molecular complexity index is 519. The van der Waals surface area contributed by atoms with Crippen molar-refractivity contribution in [2.45, 2.75) is 6.42 Å². The molecule has 0 fully saturated rings. The van der Waals surface area contributed by atoms with Gasteiger partial charge in [0.1, 0.15) is 10.8 Å². The van der Waals surface area contributed by atoms with Crippen molar-refractivity contribution in [2.75, 3.05) is 7.11 Å². The van der Waals surface area contributed by atoms with E-state index in [4.69, 9.17) is 9.84 Å². The number of benzene rings is 1.